The number of rotatable bonds is 18. The molecular formula is C37H41N5O6S. The minimum absolute atomic E-state index is 0.0491. The highest BCUT2D eigenvalue weighted by Crippen LogP contribution is 2.14. The fourth-order valence-corrected chi connectivity index (χ4v) is 6.64. The number of amidine groups is 1. The zero-order chi connectivity index (χ0) is 35.2. The number of benzene rings is 4. The summed E-state index contributed by atoms with van der Waals surface area (Å²) in [4.78, 5) is 38.8. The highest BCUT2D eigenvalue weighted by Gasteiger charge is 2.29. The van der Waals surface area contributed by atoms with E-state index < -0.39 is 45.6 Å². The number of carboxylic acids is 1. The van der Waals surface area contributed by atoms with Crippen molar-refractivity contribution in [2.24, 2.45) is 5.73 Å². The fourth-order valence-electron chi connectivity index (χ4n) is 5.28. The first-order valence-electron chi connectivity index (χ1n) is 15.9. The van der Waals surface area contributed by atoms with Gasteiger partial charge in [-0.15, -0.1) is 0 Å². The van der Waals surface area contributed by atoms with E-state index in [4.69, 9.17) is 11.1 Å². The summed E-state index contributed by atoms with van der Waals surface area (Å²) in [5.41, 5.74) is 9.07. The quantitative estimate of drug-likeness (QED) is 0.0676. The van der Waals surface area contributed by atoms with E-state index in [9.17, 15) is 27.9 Å². The van der Waals surface area contributed by atoms with Gasteiger partial charge in [-0.25, -0.2) is 17.9 Å². The normalized spacial score (nSPS) is 12.4. The molecular weight excluding hydrogens is 643 g/mol. The first-order chi connectivity index (χ1) is 23.5. The van der Waals surface area contributed by atoms with Crippen molar-refractivity contribution in [3.8, 4) is 0 Å². The van der Waals surface area contributed by atoms with Gasteiger partial charge in [0.2, 0.25) is 21.8 Å². The van der Waals surface area contributed by atoms with E-state index in [2.05, 4.69) is 15.4 Å². The number of hydrogen-bond donors (Lipinski definition) is 6. The number of hydrogen-bond acceptors (Lipinski definition) is 6. The van der Waals surface area contributed by atoms with E-state index in [1.54, 1.807) is 24.3 Å². The molecule has 0 aromatic heterocycles. The second kappa shape index (κ2) is 17.7. The minimum atomic E-state index is -4.11. The molecule has 11 nitrogen and oxygen atoms in total. The molecule has 49 heavy (non-hydrogen) atoms. The molecule has 2 atom stereocenters. The summed E-state index contributed by atoms with van der Waals surface area (Å²) < 4.78 is 29.2. The predicted molar refractivity (Wildman–Crippen MR) is 188 cm³/mol. The van der Waals surface area contributed by atoms with Crippen molar-refractivity contribution in [2.45, 2.75) is 56.5 Å². The van der Waals surface area contributed by atoms with Crippen LogP contribution in [0, 0.1) is 5.41 Å². The van der Waals surface area contributed by atoms with E-state index in [1.807, 2.05) is 60.7 Å². The molecule has 0 saturated heterocycles. The number of aryl methyl sites for hydroxylation is 2. The van der Waals surface area contributed by atoms with Gasteiger partial charge in [0.25, 0.3) is 0 Å². The van der Waals surface area contributed by atoms with Crippen LogP contribution in [0.3, 0.4) is 0 Å². The molecule has 12 heteroatoms. The molecule has 4 aromatic rings. The van der Waals surface area contributed by atoms with Crippen LogP contribution >= 0.6 is 0 Å². The van der Waals surface area contributed by atoms with Gasteiger partial charge in [0, 0.05) is 12.1 Å². The smallest absolute Gasteiger partial charge is 0.335 e. The van der Waals surface area contributed by atoms with Crippen molar-refractivity contribution in [2.75, 3.05) is 0 Å². The van der Waals surface area contributed by atoms with Crippen LogP contribution in [-0.2, 0) is 44.8 Å². The van der Waals surface area contributed by atoms with Crippen LogP contribution in [-0.4, -0.2) is 49.2 Å². The Kier molecular flexibility index (Phi) is 13.2. The lowest BCUT2D eigenvalue weighted by atomic mass is 10.0. The predicted octanol–water partition coefficient (Wildman–Crippen LogP) is 3.91. The lowest BCUT2D eigenvalue weighted by Gasteiger charge is -2.23. The Morgan fingerprint density at radius 1 is 0.694 bits per heavy atom. The van der Waals surface area contributed by atoms with Gasteiger partial charge in [0.1, 0.15) is 17.9 Å². The largest absolute Gasteiger partial charge is 0.478 e. The summed E-state index contributed by atoms with van der Waals surface area (Å²) in [6.45, 7) is 0.164. The summed E-state index contributed by atoms with van der Waals surface area (Å²) >= 11 is 0. The third-order valence-corrected chi connectivity index (χ3v) is 9.26. The summed E-state index contributed by atoms with van der Waals surface area (Å²) in [5, 5.41) is 22.6. The SMILES string of the molecule is N=C(N)c1ccc(CNC(=O)C(CCc2ccccc2)NC(=O)C(CCCc2ccccc2)NS(=O)(=O)Cc2cccc(C(=O)O)c2)cc1. The van der Waals surface area contributed by atoms with Gasteiger partial charge in [0.05, 0.1) is 11.3 Å². The Bertz CT molecular complexity index is 1830. The molecule has 7 N–H and O–H groups in total. The number of carbonyl (C=O) groups excluding carboxylic acids is 2. The summed E-state index contributed by atoms with van der Waals surface area (Å²) in [5.74, 6) is -2.86. The zero-order valence-electron chi connectivity index (χ0n) is 27.0. The Balaban J connectivity index is 1.51. The van der Waals surface area contributed by atoms with Crippen LogP contribution < -0.4 is 21.1 Å². The lowest BCUT2D eigenvalue weighted by Crippen LogP contribution is -2.53. The van der Waals surface area contributed by atoms with Crippen molar-refractivity contribution in [3.05, 3.63) is 143 Å². The third kappa shape index (κ3) is 12.0. The molecule has 2 amide bonds. The standard InChI is InChI=1S/C37H41N5O6S/c38-34(39)30-20-17-28(18-21-30)24-40-35(43)32(22-19-27-11-5-2-6-12-27)41-36(44)33(16-8-13-26-9-3-1-4-10-26)42-49(47,48)25-29-14-7-15-31(23-29)37(45)46/h1-7,9-12,14-15,17-18,20-21,23,32-33,42H,8,13,16,19,22,24-25H2,(H3,38,39)(H,40,43)(H,41,44)(H,45,46). The number of nitrogens with one attached hydrogen (secondary N) is 4. The maximum Gasteiger partial charge on any atom is 0.335 e. The van der Waals surface area contributed by atoms with Gasteiger partial charge >= 0.3 is 5.97 Å². The molecule has 0 aliphatic rings. The molecule has 2 unspecified atom stereocenters. The first kappa shape index (κ1) is 36.5. The van der Waals surface area contributed by atoms with Gasteiger partial charge in [-0.1, -0.05) is 97.1 Å². The number of aromatic carboxylic acids is 1. The third-order valence-electron chi connectivity index (χ3n) is 7.90. The Morgan fingerprint density at radius 2 is 1.31 bits per heavy atom. The molecule has 0 radical (unpaired) electrons. The molecule has 4 aromatic carbocycles. The number of amides is 2. The molecule has 0 fully saturated rings. The molecule has 0 spiro atoms. The second-order valence-electron chi connectivity index (χ2n) is 11.7. The molecule has 256 valence electrons. The first-order valence-corrected chi connectivity index (χ1v) is 17.6. The second-order valence-corrected chi connectivity index (χ2v) is 13.5. The number of carbonyl (C=O) groups is 3. The minimum Gasteiger partial charge on any atom is -0.478 e. The summed E-state index contributed by atoms with van der Waals surface area (Å²) in [7, 11) is -4.11. The van der Waals surface area contributed by atoms with Crippen LogP contribution in [0.1, 0.15) is 57.4 Å². The van der Waals surface area contributed by atoms with Crippen molar-refractivity contribution in [3.63, 3.8) is 0 Å². The van der Waals surface area contributed by atoms with Gasteiger partial charge < -0.3 is 21.5 Å². The number of sulfonamides is 1. The van der Waals surface area contributed by atoms with E-state index in [-0.39, 0.29) is 36.3 Å². The Hall–Kier alpha value is -5.33. The summed E-state index contributed by atoms with van der Waals surface area (Å²) in [6, 6.07) is 29.4. The molecule has 0 heterocycles. The maximum atomic E-state index is 13.8. The van der Waals surface area contributed by atoms with E-state index >= 15 is 0 Å². The van der Waals surface area contributed by atoms with Crippen molar-refractivity contribution in [1.82, 2.24) is 15.4 Å². The Morgan fingerprint density at radius 3 is 1.92 bits per heavy atom. The van der Waals surface area contributed by atoms with Gasteiger partial charge in [-0.2, -0.15) is 0 Å². The highest BCUT2D eigenvalue weighted by molar-refractivity contribution is 7.88. The molecule has 0 saturated carbocycles. The molecule has 0 aliphatic heterocycles. The number of carboxylic acid groups (broad SMARTS) is 1. The summed E-state index contributed by atoms with van der Waals surface area (Å²) in [6.07, 6.45) is 1.99. The van der Waals surface area contributed by atoms with Crippen molar-refractivity contribution in [1.29, 1.82) is 5.41 Å². The average molecular weight is 684 g/mol. The van der Waals surface area contributed by atoms with Crippen molar-refractivity contribution >= 4 is 33.6 Å². The maximum absolute atomic E-state index is 13.8. The van der Waals surface area contributed by atoms with Crippen LogP contribution in [0.15, 0.2) is 109 Å². The topological polar surface area (TPSA) is 192 Å². The van der Waals surface area contributed by atoms with E-state index in [1.165, 1.54) is 24.3 Å². The van der Waals surface area contributed by atoms with Gasteiger partial charge in [-0.3, -0.25) is 15.0 Å². The van der Waals surface area contributed by atoms with E-state index in [0.29, 0.717) is 24.8 Å². The highest BCUT2D eigenvalue weighted by atomic mass is 32.2. The van der Waals surface area contributed by atoms with Gasteiger partial charge in [-0.05, 0) is 66.5 Å². The number of nitrogens with two attached hydrogens (primary N) is 1. The molecule has 0 aliphatic carbocycles. The zero-order valence-corrected chi connectivity index (χ0v) is 27.8. The van der Waals surface area contributed by atoms with Gasteiger partial charge in [0.15, 0.2) is 0 Å². The van der Waals surface area contributed by atoms with E-state index in [0.717, 1.165) is 16.7 Å². The van der Waals surface area contributed by atoms with Crippen LogP contribution in [0.5, 0.6) is 0 Å². The lowest BCUT2D eigenvalue weighted by molar-refractivity contribution is -0.130. The average Bonchev–Trinajstić information content (AvgIpc) is 3.09. The van der Waals surface area contributed by atoms with Crippen LogP contribution in [0.2, 0.25) is 0 Å². The molecule has 0 bridgehead atoms. The number of nitrogen functional groups attached to an aromatic ring is 1. The fraction of sp³-hybridized carbons (Fsp3) is 0.243. The monoisotopic (exact) mass is 683 g/mol. The van der Waals surface area contributed by atoms with Crippen molar-refractivity contribution < 1.29 is 27.9 Å². The van der Waals surface area contributed by atoms with Crippen LogP contribution in [0.25, 0.3) is 0 Å². The van der Waals surface area contributed by atoms with Crippen LogP contribution in [0.4, 0.5) is 0 Å². The molecule has 4 rings (SSSR count). The Labute approximate surface area is 286 Å².